The highest BCUT2D eigenvalue weighted by Crippen LogP contribution is 2.18. The zero-order valence-corrected chi connectivity index (χ0v) is 7.08. The third-order valence-corrected chi connectivity index (χ3v) is 1.87. The lowest BCUT2D eigenvalue weighted by Crippen LogP contribution is -2.10. The van der Waals surface area contributed by atoms with Crippen molar-refractivity contribution in [1.29, 1.82) is 0 Å². The second-order valence-corrected chi connectivity index (χ2v) is 3.08. The van der Waals surface area contributed by atoms with Crippen LogP contribution in [0.4, 0.5) is 0 Å². The number of hydrogen-bond acceptors (Lipinski definition) is 3. The third-order valence-electron chi connectivity index (χ3n) is 1.87. The van der Waals surface area contributed by atoms with E-state index in [1.54, 1.807) is 6.26 Å². The van der Waals surface area contributed by atoms with Crippen LogP contribution < -0.4 is 5.43 Å². The first-order chi connectivity index (χ1) is 5.86. The molecule has 0 bridgehead atoms. The van der Waals surface area contributed by atoms with Gasteiger partial charge in [-0.2, -0.15) is 5.10 Å². The maximum atomic E-state index is 5.18. The van der Waals surface area contributed by atoms with Gasteiger partial charge in [0.05, 0.1) is 12.0 Å². The van der Waals surface area contributed by atoms with E-state index < -0.39 is 0 Å². The normalized spacial score (nSPS) is 17.9. The molecule has 2 rings (SSSR count). The molecule has 1 aliphatic rings. The van der Waals surface area contributed by atoms with Gasteiger partial charge < -0.3 is 9.84 Å². The molecule has 0 atom stereocenters. The highest BCUT2D eigenvalue weighted by Gasteiger charge is 2.20. The Bertz CT molecular complexity index is 273. The van der Waals surface area contributed by atoms with Crippen molar-refractivity contribution in [2.45, 2.75) is 25.8 Å². The second kappa shape index (κ2) is 3.01. The molecule has 1 heterocycles. The van der Waals surface area contributed by atoms with Crippen LogP contribution in [0.5, 0.6) is 0 Å². The number of hydrazone groups is 1. The Morgan fingerprint density at radius 1 is 1.67 bits per heavy atom. The molecule has 3 nitrogen and oxygen atoms in total. The number of nitrogens with zero attached hydrogens (tertiary/aromatic N) is 1. The molecule has 1 aromatic heterocycles. The van der Waals surface area contributed by atoms with Gasteiger partial charge in [0.1, 0.15) is 5.76 Å². The zero-order valence-electron chi connectivity index (χ0n) is 7.08. The summed E-state index contributed by atoms with van der Waals surface area (Å²) in [7, 11) is 0. The molecular formula is C9H12N2O. The molecule has 0 unspecified atom stereocenters. The summed E-state index contributed by atoms with van der Waals surface area (Å²) in [5.41, 5.74) is 3.98. The van der Waals surface area contributed by atoms with Crippen molar-refractivity contribution in [2.24, 2.45) is 5.10 Å². The Hall–Kier alpha value is -1.25. The van der Waals surface area contributed by atoms with Gasteiger partial charge in [-0.15, -0.1) is 0 Å². The van der Waals surface area contributed by atoms with E-state index in [1.165, 1.54) is 12.8 Å². The summed E-state index contributed by atoms with van der Waals surface area (Å²) in [5, 5.41) is 4.20. The van der Waals surface area contributed by atoms with E-state index in [0.717, 1.165) is 11.5 Å². The number of hydrogen-bond donors (Lipinski definition) is 1. The molecule has 12 heavy (non-hydrogen) atoms. The minimum absolute atomic E-state index is 0.606. The first kappa shape index (κ1) is 7.40. The smallest absolute Gasteiger partial charge is 0.149 e. The minimum Gasteiger partial charge on any atom is -0.463 e. The molecular weight excluding hydrogens is 152 g/mol. The molecule has 0 spiro atoms. The van der Waals surface area contributed by atoms with Crippen molar-refractivity contribution in [3.05, 3.63) is 24.2 Å². The van der Waals surface area contributed by atoms with Crippen LogP contribution in [0.2, 0.25) is 0 Å². The maximum absolute atomic E-state index is 5.18. The van der Waals surface area contributed by atoms with E-state index in [9.17, 15) is 0 Å². The van der Waals surface area contributed by atoms with Crippen molar-refractivity contribution in [1.82, 2.24) is 5.43 Å². The molecule has 0 radical (unpaired) electrons. The van der Waals surface area contributed by atoms with Gasteiger partial charge in [-0.1, -0.05) is 0 Å². The van der Waals surface area contributed by atoms with Crippen LogP contribution in [-0.2, 0) is 0 Å². The van der Waals surface area contributed by atoms with Crippen LogP contribution >= 0.6 is 0 Å². The lowest BCUT2D eigenvalue weighted by Gasteiger charge is -1.97. The Morgan fingerprint density at radius 2 is 2.50 bits per heavy atom. The summed E-state index contributed by atoms with van der Waals surface area (Å²) in [6.45, 7) is 1.94. The summed E-state index contributed by atoms with van der Waals surface area (Å²) in [6.07, 6.45) is 4.15. The highest BCUT2D eigenvalue weighted by atomic mass is 16.3. The first-order valence-electron chi connectivity index (χ1n) is 4.20. The van der Waals surface area contributed by atoms with Gasteiger partial charge >= 0.3 is 0 Å². The monoisotopic (exact) mass is 164 g/mol. The standard InChI is InChI=1S/C9H12N2O/c1-7(9-3-2-6-12-9)10-11-8-4-5-8/h2-3,6,8,11H,4-5H2,1H3/b10-7-. The van der Waals surface area contributed by atoms with Crippen LogP contribution in [0.3, 0.4) is 0 Å². The van der Waals surface area contributed by atoms with E-state index in [1.807, 2.05) is 19.1 Å². The van der Waals surface area contributed by atoms with E-state index in [-0.39, 0.29) is 0 Å². The van der Waals surface area contributed by atoms with Crippen molar-refractivity contribution < 1.29 is 4.42 Å². The summed E-state index contributed by atoms with van der Waals surface area (Å²) in [5.74, 6) is 0.836. The molecule has 1 fully saturated rings. The van der Waals surface area contributed by atoms with Crippen molar-refractivity contribution in [3.63, 3.8) is 0 Å². The molecule has 0 amide bonds. The van der Waals surface area contributed by atoms with Crippen LogP contribution in [-0.4, -0.2) is 11.8 Å². The van der Waals surface area contributed by atoms with E-state index in [2.05, 4.69) is 10.5 Å². The van der Waals surface area contributed by atoms with Gasteiger partial charge in [0.15, 0.2) is 0 Å². The second-order valence-electron chi connectivity index (χ2n) is 3.08. The lowest BCUT2D eigenvalue weighted by molar-refractivity contribution is 0.555. The summed E-state index contributed by atoms with van der Waals surface area (Å²) in [6, 6.07) is 4.38. The van der Waals surface area contributed by atoms with Gasteiger partial charge in [-0.05, 0) is 31.9 Å². The topological polar surface area (TPSA) is 37.5 Å². The molecule has 0 aromatic carbocycles. The zero-order chi connectivity index (χ0) is 8.39. The molecule has 1 aromatic rings. The SMILES string of the molecule is C/C(=N/NC1CC1)c1ccco1. The third kappa shape index (κ3) is 1.67. The molecule has 1 saturated carbocycles. The van der Waals surface area contributed by atoms with Gasteiger partial charge in [-0.3, -0.25) is 0 Å². The fourth-order valence-electron chi connectivity index (χ4n) is 0.940. The van der Waals surface area contributed by atoms with Crippen LogP contribution in [0.1, 0.15) is 25.5 Å². The fourth-order valence-corrected chi connectivity index (χ4v) is 0.940. The average Bonchev–Trinajstić information content (AvgIpc) is 2.74. The maximum Gasteiger partial charge on any atom is 0.149 e. The summed E-state index contributed by atoms with van der Waals surface area (Å²) in [4.78, 5) is 0. The number of furan rings is 1. The van der Waals surface area contributed by atoms with Gasteiger partial charge in [-0.25, -0.2) is 0 Å². The van der Waals surface area contributed by atoms with Crippen LogP contribution in [0.25, 0.3) is 0 Å². The quantitative estimate of drug-likeness (QED) is 0.546. The van der Waals surface area contributed by atoms with Crippen molar-refractivity contribution in [2.75, 3.05) is 0 Å². The van der Waals surface area contributed by atoms with Gasteiger partial charge in [0.25, 0.3) is 0 Å². The number of nitrogens with one attached hydrogen (secondary N) is 1. The van der Waals surface area contributed by atoms with Gasteiger partial charge in [0.2, 0.25) is 0 Å². The van der Waals surface area contributed by atoms with E-state index in [4.69, 9.17) is 4.42 Å². The average molecular weight is 164 g/mol. The molecule has 0 aliphatic heterocycles. The van der Waals surface area contributed by atoms with Crippen molar-refractivity contribution >= 4 is 5.71 Å². The first-order valence-corrected chi connectivity index (χ1v) is 4.20. The van der Waals surface area contributed by atoms with E-state index >= 15 is 0 Å². The number of rotatable bonds is 3. The molecule has 0 saturated heterocycles. The van der Waals surface area contributed by atoms with Crippen molar-refractivity contribution in [3.8, 4) is 0 Å². The minimum atomic E-state index is 0.606. The van der Waals surface area contributed by atoms with Crippen LogP contribution in [0, 0.1) is 0 Å². The fraction of sp³-hybridized carbons (Fsp3) is 0.444. The largest absolute Gasteiger partial charge is 0.463 e. The van der Waals surface area contributed by atoms with Crippen LogP contribution in [0.15, 0.2) is 27.9 Å². The Morgan fingerprint density at radius 3 is 3.08 bits per heavy atom. The predicted molar refractivity (Wildman–Crippen MR) is 47.1 cm³/mol. The summed E-state index contributed by atoms with van der Waals surface area (Å²) >= 11 is 0. The Labute approximate surface area is 71.5 Å². The van der Waals surface area contributed by atoms with Gasteiger partial charge in [0, 0.05) is 6.04 Å². The molecule has 64 valence electrons. The Kier molecular flexibility index (Phi) is 1.86. The Balaban J connectivity index is 1.98. The lowest BCUT2D eigenvalue weighted by atomic mass is 10.3. The highest BCUT2D eigenvalue weighted by molar-refractivity contribution is 5.95. The predicted octanol–water partition coefficient (Wildman–Crippen LogP) is 1.76. The summed E-state index contributed by atoms with van der Waals surface area (Å²) < 4.78 is 5.18. The molecule has 3 heteroatoms. The van der Waals surface area contributed by atoms with E-state index in [0.29, 0.717) is 6.04 Å². The molecule has 1 aliphatic carbocycles. The molecule has 1 N–H and O–H groups in total.